The topological polar surface area (TPSA) is 38.5 Å². The maximum absolute atomic E-state index is 5.67. The van der Waals surface area contributed by atoms with Crippen LogP contribution in [0.5, 0.6) is 5.75 Å². The van der Waals surface area contributed by atoms with E-state index >= 15 is 0 Å². The van der Waals surface area contributed by atoms with Crippen LogP contribution in [0.25, 0.3) is 0 Å². The fourth-order valence-electron chi connectivity index (χ4n) is 1.91. The van der Waals surface area contributed by atoms with Gasteiger partial charge in [0.15, 0.2) is 0 Å². The van der Waals surface area contributed by atoms with Crippen molar-refractivity contribution < 1.29 is 4.74 Å². The molecule has 0 spiro atoms. The third-order valence-electron chi connectivity index (χ3n) is 3.36. The zero-order valence-electron chi connectivity index (χ0n) is 11.6. The predicted octanol–water partition coefficient (Wildman–Crippen LogP) is 2.57. The maximum Gasteiger partial charge on any atom is 0.142 e. The van der Waals surface area contributed by atoms with Crippen LogP contribution in [0.2, 0.25) is 0 Å². The van der Waals surface area contributed by atoms with E-state index in [1.807, 2.05) is 6.07 Å². The second-order valence-corrected chi connectivity index (χ2v) is 5.09. The third kappa shape index (κ3) is 3.13. The second kappa shape index (κ2) is 5.41. The lowest BCUT2D eigenvalue weighted by Gasteiger charge is -2.38. The van der Waals surface area contributed by atoms with Crippen molar-refractivity contribution in [3.8, 4) is 5.75 Å². The van der Waals surface area contributed by atoms with E-state index < -0.39 is 0 Å². The Kier molecular flexibility index (Phi) is 4.40. The highest BCUT2D eigenvalue weighted by Gasteiger charge is 2.24. The number of hydrogen-bond donors (Lipinski definition) is 1. The number of benzene rings is 1. The van der Waals surface area contributed by atoms with Gasteiger partial charge < -0.3 is 15.4 Å². The highest BCUT2D eigenvalue weighted by molar-refractivity contribution is 5.61. The summed E-state index contributed by atoms with van der Waals surface area (Å²) >= 11 is 0. The van der Waals surface area contributed by atoms with E-state index in [1.54, 1.807) is 7.11 Å². The van der Waals surface area contributed by atoms with Gasteiger partial charge in [-0.25, -0.2) is 0 Å². The Bertz CT molecular complexity index is 374. The molecule has 0 aromatic heterocycles. The summed E-state index contributed by atoms with van der Waals surface area (Å²) in [5.74, 6) is 0.906. The standard InChI is InChI=1S/C14H24N2O/c1-11-6-7-13(17-5)12(10-11)16(4)14(2,3)8-9-15/h6-7,10H,8-9,15H2,1-5H3. The lowest BCUT2D eigenvalue weighted by molar-refractivity contribution is 0.403. The first-order chi connectivity index (χ1) is 7.92. The zero-order chi connectivity index (χ0) is 13.1. The van der Waals surface area contributed by atoms with Crippen molar-refractivity contribution in [2.45, 2.75) is 32.7 Å². The van der Waals surface area contributed by atoms with E-state index in [0.29, 0.717) is 6.54 Å². The molecule has 0 saturated heterocycles. The van der Waals surface area contributed by atoms with Crippen molar-refractivity contribution in [3.05, 3.63) is 23.8 Å². The molecule has 0 saturated carbocycles. The molecule has 0 fully saturated rings. The number of anilines is 1. The molecule has 3 nitrogen and oxygen atoms in total. The summed E-state index contributed by atoms with van der Waals surface area (Å²) in [5.41, 5.74) is 8.05. The molecule has 0 aliphatic heterocycles. The van der Waals surface area contributed by atoms with Gasteiger partial charge in [-0.2, -0.15) is 0 Å². The van der Waals surface area contributed by atoms with Gasteiger partial charge in [0.1, 0.15) is 5.75 Å². The first-order valence-electron chi connectivity index (χ1n) is 6.01. The Morgan fingerprint density at radius 2 is 2.00 bits per heavy atom. The first kappa shape index (κ1) is 13.8. The Morgan fingerprint density at radius 1 is 1.35 bits per heavy atom. The van der Waals surface area contributed by atoms with E-state index in [4.69, 9.17) is 10.5 Å². The number of nitrogens with zero attached hydrogens (tertiary/aromatic N) is 1. The molecular formula is C14H24N2O. The molecular weight excluding hydrogens is 212 g/mol. The SMILES string of the molecule is COc1ccc(C)cc1N(C)C(C)(C)CCN. The molecule has 96 valence electrons. The molecule has 0 unspecified atom stereocenters. The van der Waals surface area contributed by atoms with Gasteiger partial charge in [-0.1, -0.05) is 6.07 Å². The van der Waals surface area contributed by atoms with Crippen molar-refractivity contribution >= 4 is 5.69 Å². The quantitative estimate of drug-likeness (QED) is 0.854. The van der Waals surface area contributed by atoms with E-state index in [-0.39, 0.29) is 5.54 Å². The van der Waals surface area contributed by atoms with E-state index in [9.17, 15) is 0 Å². The molecule has 1 aromatic carbocycles. The summed E-state index contributed by atoms with van der Waals surface area (Å²) in [7, 11) is 3.80. The van der Waals surface area contributed by atoms with Crippen LogP contribution in [-0.4, -0.2) is 26.2 Å². The summed E-state index contributed by atoms with van der Waals surface area (Å²) in [5, 5.41) is 0. The minimum absolute atomic E-state index is 0.0236. The Morgan fingerprint density at radius 3 is 2.53 bits per heavy atom. The Labute approximate surface area is 105 Å². The molecule has 0 heterocycles. The highest BCUT2D eigenvalue weighted by atomic mass is 16.5. The van der Waals surface area contributed by atoms with Crippen LogP contribution >= 0.6 is 0 Å². The van der Waals surface area contributed by atoms with Crippen LogP contribution in [0.4, 0.5) is 5.69 Å². The minimum Gasteiger partial charge on any atom is -0.495 e. The lowest BCUT2D eigenvalue weighted by Crippen LogP contribution is -2.43. The lowest BCUT2D eigenvalue weighted by atomic mass is 9.97. The molecule has 1 rings (SSSR count). The maximum atomic E-state index is 5.67. The molecule has 0 bridgehead atoms. The van der Waals surface area contributed by atoms with Gasteiger partial charge in [0, 0.05) is 12.6 Å². The van der Waals surface area contributed by atoms with Gasteiger partial charge in [-0.15, -0.1) is 0 Å². The van der Waals surface area contributed by atoms with Crippen LogP contribution in [-0.2, 0) is 0 Å². The average molecular weight is 236 g/mol. The normalized spacial score (nSPS) is 11.4. The number of nitrogens with two attached hydrogens (primary N) is 1. The van der Waals surface area contributed by atoms with Crippen LogP contribution in [0.1, 0.15) is 25.8 Å². The molecule has 0 atom stereocenters. The highest BCUT2D eigenvalue weighted by Crippen LogP contribution is 2.33. The molecule has 1 aromatic rings. The molecule has 0 amide bonds. The van der Waals surface area contributed by atoms with Crippen LogP contribution < -0.4 is 15.4 Å². The molecule has 0 aliphatic rings. The number of rotatable bonds is 5. The first-order valence-corrected chi connectivity index (χ1v) is 6.01. The summed E-state index contributed by atoms with van der Waals surface area (Å²) in [6.45, 7) is 7.17. The van der Waals surface area contributed by atoms with E-state index in [0.717, 1.165) is 17.9 Å². The molecule has 2 N–H and O–H groups in total. The molecule has 0 radical (unpaired) electrons. The monoisotopic (exact) mass is 236 g/mol. The van der Waals surface area contributed by atoms with Crippen LogP contribution in [0.3, 0.4) is 0 Å². The Hall–Kier alpha value is -1.22. The van der Waals surface area contributed by atoms with Crippen molar-refractivity contribution in [1.82, 2.24) is 0 Å². The van der Waals surface area contributed by atoms with E-state index in [1.165, 1.54) is 5.56 Å². The van der Waals surface area contributed by atoms with Gasteiger partial charge in [0.2, 0.25) is 0 Å². The van der Waals surface area contributed by atoms with Crippen molar-refractivity contribution in [2.75, 3.05) is 25.6 Å². The van der Waals surface area contributed by atoms with Gasteiger partial charge >= 0.3 is 0 Å². The Balaban J connectivity index is 3.09. The predicted molar refractivity (Wildman–Crippen MR) is 73.9 cm³/mol. The van der Waals surface area contributed by atoms with Crippen molar-refractivity contribution in [1.29, 1.82) is 0 Å². The smallest absolute Gasteiger partial charge is 0.142 e. The molecule has 17 heavy (non-hydrogen) atoms. The fourth-order valence-corrected chi connectivity index (χ4v) is 1.91. The number of aryl methyl sites for hydroxylation is 1. The van der Waals surface area contributed by atoms with Gasteiger partial charge in [-0.3, -0.25) is 0 Å². The van der Waals surface area contributed by atoms with Crippen LogP contribution in [0.15, 0.2) is 18.2 Å². The fraction of sp³-hybridized carbons (Fsp3) is 0.571. The zero-order valence-corrected chi connectivity index (χ0v) is 11.6. The third-order valence-corrected chi connectivity index (χ3v) is 3.36. The summed E-state index contributed by atoms with van der Waals surface area (Å²) < 4.78 is 5.42. The summed E-state index contributed by atoms with van der Waals surface area (Å²) in [6, 6.07) is 6.23. The molecule has 0 aliphatic carbocycles. The van der Waals surface area contributed by atoms with Gasteiger partial charge in [0.25, 0.3) is 0 Å². The van der Waals surface area contributed by atoms with Gasteiger partial charge in [0.05, 0.1) is 12.8 Å². The van der Waals surface area contributed by atoms with Gasteiger partial charge in [-0.05, 0) is 51.4 Å². The number of ether oxygens (including phenoxy) is 1. The summed E-state index contributed by atoms with van der Waals surface area (Å²) in [4.78, 5) is 2.24. The van der Waals surface area contributed by atoms with E-state index in [2.05, 4.69) is 44.9 Å². The number of methoxy groups -OCH3 is 1. The van der Waals surface area contributed by atoms with Crippen molar-refractivity contribution in [2.24, 2.45) is 5.73 Å². The minimum atomic E-state index is 0.0236. The molecule has 3 heteroatoms. The summed E-state index contributed by atoms with van der Waals surface area (Å²) in [6.07, 6.45) is 0.945. The number of hydrogen-bond acceptors (Lipinski definition) is 3. The average Bonchev–Trinajstić information content (AvgIpc) is 2.28. The van der Waals surface area contributed by atoms with Crippen LogP contribution in [0, 0.1) is 6.92 Å². The second-order valence-electron chi connectivity index (χ2n) is 5.09. The largest absolute Gasteiger partial charge is 0.495 e. The van der Waals surface area contributed by atoms with Crippen molar-refractivity contribution in [3.63, 3.8) is 0 Å².